The van der Waals surface area contributed by atoms with Crippen molar-refractivity contribution < 1.29 is 8.42 Å². The molecule has 0 aliphatic heterocycles. The molecule has 0 spiro atoms. The van der Waals surface area contributed by atoms with Gasteiger partial charge < -0.3 is 5.73 Å². The third kappa shape index (κ3) is 3.30. The fourth-order valence-corrected chi connectivity index (χ4v) is 4.61. The van der Waals surface area contributed by atoms with Gasteiger partial charge in [-0.25, -0.2) is 8.42 Å². The van der Waals surface area contributed by atoms with E-state index in [-0.39, 0.29) is 10.9 Å². The summed E-state index contributed by atoms with van der Waals surface area (Å²) < 4.78 is 27.7. The van der Waals surface area contributed by atoms with Crippen molar-refractivity contribution in [2.45, 2.75) is 45.1 Å². The van der Waals surface area contributed by atoms with E-state index >= 15 is 0 Å². The molecular formula is C13H21BrN2O2S. The number of rotatable bonds is 5. The number of hydrogen-bond donors (Lipinski definition) is 1. The van der Waals surface area contributed by atoms with Crippen molar-refractivity contribution in [3.05, 3.63) is 22.2 Å². The van der Waals surface area contributed by atoms with Crippen molar-refractivity contribution in [2.75, 3.05) is 12.3 Å². The molecular weight excluding hydrogens is 328 g/mol. The molecule has 6 heteroatoms. The molecule has 1 rings (SSSR count). The van der Waals surface area contributed by atoms with Crippen LogP contribution in [0.2, 0.25) is 0 Å². The summed E-state index contributed by atoms with van der Waals surface area (Å²) in [5.74, 6) is 0. The van der Waals surface area contributed by atoms with Gasteiger partial charge in [-0.2, -0.15) is 4.31 Å². The molecule has 0 saturated carbocycles. The predicted molar refractivity (Wildman–Crippen MR) is 82.6 cm³/mol. The predicted octanol–water partition coefficient (Wildman–Crippen LogP) is 3.15. The van der Waals surface area contributed by atoms with Gasteiger partial charge >= 0.3 is 0 Å². The van der Waals surface area contributed by atoms with Crippen LogP contribution in [0.25, 0.3) is 0 Å². The first-order valence-electron chi connectivity index (χ1n) is 6.33. The summed E-state index contributed by atoms with van der Waals surface area (Å²) in [6.07, 6.45) is 0.773. The van der Waals surface area contributed by atoms with E-state index in [4.69, 9.17) is 5.73 Å². The van der Waals surface area contributed by atoms with Gasteiger partial charge in [0.05, 0.1) is 4.90 Å². The van der Waals surface area contributed by atoms with E-state index in [2.05, 4.69) is 15.9 Å². The van der Waals surface area contributed by atoms with Crippen molar-refractivity contribution in [3.8, 4) is 0 Å². The van der Waals surface area contributed by atoms with Crippen molar-refractivity contribution in [3.63, 3.8) is 0 Å². The van der Waals surface area contributed by atoms with Crippen LogP contribution in [0.15, 0.2) is 21.5 Å². The van der Waals surface area contributed by atoms with Crippen LogP contribution < -0.4 is 5.73 Å². The number of hydrogen-bond acceptors (Lipinski definition) is 3. The van der Waals surface area contributed by atoms with Gasteiger partial charge in [-0.3, -0.25) is 0 Å². The monoisotopic (exact) mass is 348 g/mol. The summed E-state index contributed by atoms with van der Waals surface area (Å²) in [5.41, 5.74) is 6.94. The maximum atomic E-state index is 12.7. The van der Waals surface area contributed by atoms with E-state index in [0.717, 1.165) is 6.42 Å². The van der Waals surface area contributed by atoms with Gasteiger partial charge in [0.1, 0.15) is 0 Å². The number of nitrogens with zero attached hydrogens (tertiary/aromatic N) is 1. The van der Waals surface area contributed by atoms with Crippen LogP contribution in [0.3, 0.4) is 0 Å². The van der Waals surface area contributed by atoms with E-state index in [1.165, 1.54) is 4.31 Å². The maximum Gasteiger partial charge on any atom is 0.243 e. The first-order chi connectivity index (χ1) is 8.75. The largest absolute Gasteiger partial charge is 0.398 e. The van der Waals surface area contributed by atoms with Crippen molar-refractivity contribution in [1.82, 2.24) is 4.31 Å². The lowest BCUT2D eigenvalue weighted by molar-refractivity contribution is 0.342. The second-order valence-corrected chi connectivity index (χ2v) is 7.36. The zero-order chi connectivity index (χ0) is 14.8. The van der Waals surface area contributed by atoms with Crippen LogP contribution in [0.5, 0.6) is 0 Å². The van der Waals surface area contributed by atoms with Gasteiger partial charge in [-0.15, -0.1) is 0 Å². The minimum Gasteiger partial charge on any atom is -0.398 e. The lowest BCUT2D eigenvalue weighted by atomic mass is 10.2. The molecule has 0 aromatic heterocycles. The molecule has 4 nitrogen and oxygen atoms in total. The molecule has 1 unspecified atom stereocenters. The summed E-state index contributed by atoms with van der Waals surface area (Å²) in [6.45, 7) is 7.92. The Labute approximate surface area is 124 Å². The van der Waals surface area contributed by atoms with E-state index < -0.39 is 10.0 Å². The van der Waals surface area contributed by atoms with Crippen LogP contribution in [-0.2, 0) is 10.0 Å². The van der Waals surface area contributed by atoms with Gasteiger partial charge in [-0.1, -0.05) is 29.8 Å². The Morgan fingerprint density at radius 2 is 1.95 bits per heavy atom. The zero-order valence-electron chi connectivity index (χ0n) is 11.8. The molecule has 1 aromatic rings. The Morgan fingerprint density at radius 1 is 1.37 bits per heavy atom. The Bertz CT molecular complexity index is 558. The highest BCUT2D eigenvalue weighted by molar-refractivity contribution is 9.10. The molecule has 0 aliphatic rings. The summed E-state index contributed by atoms with van der Waals surface area (Å²) in [4.78, 5) is 0.279. The second-order valence-electron chi connectivity index (χ2n) is 4.58. The SMILES string of the molecule is CCC(C)N(CC)S(=O)(=O)c1cc(Br)cc(N)c1C. The molecule has 2 N–H and O–H groups in total. The van der Waals surface area contributed by atoms with E-state index in [9.17, 15) is 8.42 Å². The topological polar surface area (TPSA) is 63.4 Å². The number of nitrogens with two attached hydrogens (primary N) is 1. The Kier molecular flexibility index (Phi) is 5.41. The average molecular weight is 349 g/mol. The third-order valence-electron chi connectivity index (χ3n) is 3.35. The quantitative estimate of drug-likeness (QED) is 0.831. The molecule has 1 aromatic carbocycles. The minimum atomic E-state index is -3.51. The van der Waals surface area contributed by atoms with Gasteiger partial charge in [0.15, 0.2) is 0 Å². The number of anilines is 1. The fraction of sp³-hybridized carbons (Fsp3) is 0.538. The summed E-state index contributed by atoms with van der Waals surface area (Å²) in [7, 11) is -3.51. The van der Waals surface area contributed by atoms with Crippen LogP contribution in [-0.4, -0.2) is 25.3 Å². The highest BCUT2D eigenvalue weighted by Gasteiger charge is 2.29. The Hall–Kier alpha value is -0.590. The number of halogens is 1. The minimum absolute atomic E-state index is 0.0328. The van der Waals surface area contributed by atoms with Crippen molar-refractivity contribution >= 4 is 31.6 Å². The lowest BCUT2D eigenvalue weighted by Gasteiger charge is -2.27. The molecule has 0 saturated heterocycles. The van der Waals surface area contributed by atoms with E-state index in [1.54, 1.807) is 19.1 Å². The van der Waals surface area contributed by atoms with Gasteiger partial charge in [0.2, 0.25) is 10.0 Å². The van der Waals surface area contributed by atoms with Gasteiger partial charge in [0, 0.05) is 22.7 Å². The molecule has 0 bridgehead atoms. The number of sulfonamides is 1. The smallest absolute Gasteiger partial charge is 0.243 e. The van der Waals surface area contributed by atoms with Crippen LogP contribution in [0.1, 0.15) is 32.8 Å². The third-order valence-corrected chi connectivity index (χ3v) is 6.02. The Balaban J connectivity index is 3.42. The van der Waals surface area contributed by atoms with Crippen molar-refractivity contribution in [2.24, 2.45) is 0 Å². The molecule has 0 heterocycles. The molecule has 0 amide bonds. The fourth-order valence-electron chi connectivity index (χ4n) is 1.99. The van der Waals surface area contributed by atoms with Crippen LogP contribution in [0, 0.1) is 6.92 Å². The van der Waals surface area contributed by atoms with Crippen LogP contribution in [0.4, 0.5) is 5.69 Å². The molecule has 108 valence electrons. The molecule has 0 radical (unpaired) electrons. The van der Waals surface area contributed by atoms with E-state index in [1.807, 2.05) is 20.8 Å². The molecule has 0 aliphatic carbocycles. The highest BCUT2D eigenvalue weighted by atomic mass is 79.9. The van der Waals surface area contributed by atoms with Crippen molar-refractivity contribution in [1.29, 1.82) is 0 Å². The highest BCUT2D eigenvalue weighted by Crippen LogP contribution is 2.29. The van der Waals surface area contributed by atoms with Gasteiger partial charge in [0.25, 0.3) is 0 Å². The first-order valence-corrected chi connectivity index (χ1v) is 8.56. The van der Waals surface area contributed by atoms with Crippen LogP contribution >= 0.6 is 15.9 Å². The number of nitrogen functional groups attached to an aromatic ring is 1. The summed E-state index contributed by atoms with van der Waals surface area (Å²) >= 11 is 3.30. The average Bonchev–Trinajstić information content (AvgIpc) is 2.33. The zero-order valence-corrected chi connectivity index (χ0v) is 14.2. The van der Waals surface area contributed by atoms with E-state index in [0.29, 0.717) is 22.3 Å². The number of benzene rings is 1. The lowest BCUT2D eigenvalue weighted by Crippen LogP contribution is -2.38. The summed E-state index contributed by atoms with van der Waals surface area (Å²) in [6, 6.07) is 3.30. The summed E-state index contributed by atoms with van der Waals surface area (Å²) in [5, 5.41) is 0. The molecule has 19 heavy (non-hydrogen) atoms. The second kappa shape index (κ2) is 6.24. The molecule has 1 atom stereocenters. The van der Waals surface area contributed by atoms with Gasteiger partial charge in [-0.05, 0) is 38.0 Å². The molecule has 0 fully saturated rings. The first kappa shape index (κ1) is 16.5. The normalized spacial score (nSPS) is 13.8. The maximum absolute atomic E-state index is 12.7. The standard InChI is InChI=1S/C13H21BrN2O2S/c1-5-9(3)16(6-2)19(17,18)13-8-11(14)7-12(15)10(13)4/h7-9H,5-6,15H2,1-4H3. The Morgan fingerprint density at radius 3 is 2.42 bits per heavy atom.